The van der Waals surface area contributed by atoms with Gasteiger partial charge in [0.2, 0.25) is 0 Å². The zero-order valence-electron chi connectivity index (χ0n) is 12.2. The van der Waals surface area contributed by atoms with Crippen LogP contribution in [0.15, 0.2) is 79.1 Å². The van der Waals surface area contributed by atoms with Gasteiger partial charge in [-0.2, -0.15) is 0 Å². The number of rotatable bonds is 4. The Kier molecular flexibility index (Phi) is 4.25. The molecule has 0 fully saturated rings. The Morgan fingerprint density at radius 1 is 0.696 bits per heavy atom. The smallest absolute Gasteiger partial charge is 0.343 e. The summed E-state index contributed by atoms with van der Waals surface area (Å²) in [7, 11) is 0. The molecular formula is C19H13NO3. The van der Waals surface area contributed by atoms with Crippen molar-refractivity contribution in [1.29, 1.82) is 0 Å². The number of hydrogen-bond donors (Lipinski definition) is 0. The molecule has 4 heteroatoms. The molecule has 0 amide bonds. The van der Waals surface area contributed by atoms with Crippen molar-refractivity contribution in [2.75, 3.05) is 0 Å². The number of carbonyl (C=O) groups is 2. The highest BCUT2D eigenvalue weighted by molar-refractivity contribution is 6.09. The Balaban J connectivity index is 1.73. The average molecular weight is 303 g/mol. The highest BCUT2D eigenvalue weighted by atomic mass is 16.5. The quantitative estimate of drug-likeness (QED) is 0.420. The van der Waals surface area contributed by atoms with Gasteiger partial charge >= 0.3 is 5.97 Å². The van der Waals surface area contributed by atoms with Crippen LogP contribution in [0.2, 0.25) is 0 Å². The monoisotopic (exact) mass is 303 g/mol. The normalized spacial score (nSPS) is 10.1. The first-order valence-corrected chi connectivity index (χ1v) is 7.06. The molecule has 0 bridgehead atoms. The minimum Gasteiger partial charge on any atom is -0.423 e. The number of benzene rings is 2. The summed E-state index contributed by atoms with van der Waals surface area (Å²) >= 11 is 0. The van der Waals surface area contributed by atoms with E-state index in [1.165, 1.54) is 12.4 Å². The molecule has 0 atom stereocenters. The van der Waals surface area contributed by atoms with Crippen LogP contribution in [0.25, 0.3) is 0 Å². The number of nitrogens with zero attached hydrogens (tertiary/aromatic N) is 1. The number of ether oxygens (including phenoxy) is 1. The highest BCUT2D eigenvalue weighted by Crippen LogP contribution is 2.16. The molecule has 0 saturated carbocycles. The van der Waals surface area contributed by atoms with Crippen LogP contribution < -0.4 is 4.74 Å². The molecule has 0 N–H and O–H groups in total. The SMILES string of the molecule is O=C(Oc1ccc(C(=O)c2ccccc2)cc1)c1ccncc1. The van der Waals surface area contributed by atoms with Crippen molar-refractivity contribution >= 4 is 11.8 Å². The second kappa shape index (κ2) is 6.66. The predicted octanol–water partition coefficient (Wildman–Crippen LogP) is 3.53. The van der Waals surface area contributed by atoms with Gasteiger partial charge in [-0.15, -0.1) is 0 Å². The summed E-state index contributed by atoms with van der Waals surface area (Å²) < 4.78 is 5.26. The molecule has 2 aromatic carbocycles. The lowest BCUT2D eigenvalue weighted by atomic mass is 10.0. The van der Waals surface area contributed by atoms with E-state index in [-0.39, 0.29) is 5.78 Å². The van der Waals surface area contributed by atoms with Crippen molar-refractivity contribution in [1.82, 2.24) is 4.98 Å². The van der Waals surface area contributed by atoms with Crippen LogP contribution in [0.3, 0.4) is 0 Å². The van der Waals surface area contributed by atoms with Crippen LogP contribution in [0.4, 0.5) is 0 Å². The third-order valence-electron chi connectivity index (χ3n) is 3.28. The van der Waals surface area contributed by atoms with Crippen LogP contribution in [0, 0.1) is 0 Å². The van der Waals surface area contributed by atoms with Gasteiger partial charge in [-0.25, -0.2) is 4.79 Å². The van der Waals surface area contributed by atoms with E-state index in [1.807, 2.05) is 18.2 Å². The van der Waals surface area contributed by atoms with Gasteiger partial charge in [0, 0.05) is 23.5 Å². The topological polar surface area (TPSA) is 56.3 Å². The fourth-order valence-corrected chi connectivity index (χ4v) is 2.08. The van der Waals surface area contributed by atoms with Gasteiger partial charge in [0.1, 0.15) is 5.75 Å². The van der Waals surface area contributed by atoms with Gasteiger partial charge in [0.05, 0.1) is 5.56 Å². The van der Waals surface area contributed by atoms with Crippen molar-refractivity contribution in [3.05, 3.63) is 95.8 Å². The van der Waals surface area contributed by atoms with Crippen LogP contribution in [-0.2, 0) is 0 Å². The standard InChI is InChI=1S/C19H13NO3/c21-18(14-4-2-1-3-5-14)15-6-8-17(9-7-15)23-19(22)16-10-12-20-13-11-16/h1-13H. The van der Waals surface area contributed by atoms with Crippen molar-refractivity contribution in [3.8, 4) is 5.75 Å². The number of ketones is 1. The lowest BCUT2D eigenvalue weighted by molar-refractivity contribution is 0.0734. The molecular weight excluding hydrogens is 290 g/mol. The molecule has 23 heavy (non-hydrogen) atoms. The van der Waals surface area contributed by atoms with E-state index in [4.69, 9.17) is 4.74 Å². The zero-order valence-corrected chi connectivity index (χ0v) is 12.2. The van der Waals surface area contributed by atoms with Crippen LogP contribution >= 0.6 is 0 Å². The summed E-state index contributed by atoms with van der Waals surface area (Å²) in [5.74, 6) is -0.149. The first-order chi connectivity index (χ1) is 11.2. The Morgan fingerprint density at radius 2 is 1.30 bits per heavy atom. The summed E-state index contributed by atoms with van der Waals surface area (Å²) in [4.78, 5) is 28.1. The van der Waals surface area contributed by atoms with Crippen molar-refractivity contribution < 1.29 is 14.3 Å². The molecule has 0 aliphatic rings. The maximum Gasteiger partial charge on any atom is 0.343 e. The van der Waals surface area contributed by atoms with Gasteiger partial charge in [-0.05, 0) is 36.4 Å². The molecule has 0 radical (unpaired) electrons. The summed E-state index contributed by atoms with van der Waals surface area (Å²) in [5, 5.41) is 0. The molecule has 112 valence electrons. The Labute approximate surface area is 133 Å². The summed E-state index contributed by atoms with van der Waals surface area (Å²) in [5.41, 5.74) is 1.58. The molecule has 1 aromatic heterocycles. The fourth-order valence-electron chi connectivity index (χ4n) is 2.08. The first-order valence-electron chi connectivity index (χ1n) is 7.06. The number of carbonyl (C=O) groups excluding carboxylic acids is 2. The second-order valence-corrected chi connectivity index (χ2v) is 4.84. The van der Waals surface area contributed by atoms with E-state index in [1.54, 1.807) is 48.5 Å². The summed E-state index contributed by atoms with van der Waals surface area (Å²) in [6.07, 6.45) is 3.05. The van der Waals surface area contributed by atoms with E-state index in [0.29, 0.717) is 22.4 Å². The fraction of sp³-hybridized carbons (Fsp3) is 0. The first kappa shape index (κ1) is 14.7. The van der Waals surface area contributed by atoms with Crippen LogP contribution in [0.5, 0.6) is 5.75 Å². The molecule has 0 aliphatic carbocycles. The van der Waals surface area contributed by atoms with E-state index < -0.39 is 5.97 Å². The number of esters is 1. The second-order valence-electron chi connectivity index (χ2n) is 4.84. The number of aromatic nitrogens is 1. The van der Waals surface area contributed by atoms with Gasteiger partial charge in [0.15, 0.2) is 5.78 Å². The molecule has 0 unspecified atom stereocenters. The Morgan fingerprint density at radius 3 is 1.96 bits per heavy atom. The Hall–Kier alpha value is -3.27. The Bertz CT molecular complexity index is 812. The lowest BCUT2D eigenvalue weighted by Crippen LogP contribution is -2.08. The van der Waals surface area contributed by atoms with Gasteiger partial charge in [-0.3, -0.25) is 9.78 Å². The van der Waals surface area contributed by atoms with E-state index in [2.05, 4.69) is 4.98 Å². The van der Waals surface area contributed by atoms with Gasteiger partial charge < -0.3 is 4.74 Å². The zero-order chi connectivity index (χ0) is 16.1. The lowest BCUT2D eigenvalue weighted by Gasteiger charge is -2.05. The molecule has 0 aliphatic heterocycles. The molecule has 3 aromatic rings. The molecule has 4 nitrogen and oxygen atoms in total. The molecule has 0 spiro atoms. The highest BCUT2D eigenvalue weighted by Gasteiger charge is 2.11. The van der Waals surface area contributed by atoms with Gasteiger partial charge in [0.25, 0.3) is 0 Å². The van der Waals surface area contributed by atoms with E-state index in [9.17, 15) is 9.59 Å². The van der Waals surface area contributed by atoms with E-state index in [0.717, 1.165) is 0 Å². The number of pyridine rings is 1. The average Bonchev–Trinajstić information content (AvgIpc) is 2.63. The minimum atomic E-state index is -0.463. The van der Waals surface area contributed by atoms with Gasteiger partial charge in [-0.1, -0.05) is 30.3 Å². The predicted molar refractivity (Wildman–Crippen MR) is 85.5 cm³/mol. The number of hydrogen-bond acceptors (Lipinski definition) is 4. The van der Waals surface area contributed by atoms with Crippen LogP contribution in [0.1, 0.15) is 26.3 Å². The van der Waals surface area contributed by atoms with Crippen LogP contribution in [-0.4, -0.2) is 16.7 Å². The summed E-state index contributed by atoms with van der Waals surface area (Å²) in [6.45, 7) is 0. The van der Waals surface area contributed by atoms with Crippen molar-refractivity contribution in [2.24, 2.45) is 0 Å². The maximum absolute atomic E-state index is 12.3. The third-order valence-corrected chi connectivity index (χ3v) is 3.28. The molecule has 1 heterocycles. The third kappa shape index (κ3) is 3.49. The maximum atomic E-state index is 12.3. The van der Waals surface area contributed by atoms with Crippen molar-refractivity contribution in [3.63, 3.8) is 0 Å². The summed E-state index contributed by atoms with van der Waals surface area (Å²) in [6, 6.07) is 18.7. The minimum absolute atomic E-state index is 0.0717. The van der Waals surface area contributed by atoms with E-state index >= 15 is 0 Å². The van der Waals surface area contributed by atoms with Crippen molar-refractivity contribution in [2.45, 2.75) is 0 Å². The molecule has 3 rings (SSSR count). The molecule has 0 saturated heterocycles. The largest absolute Gasteiger partial charge is 0.423 e.